The van der Waals surface area contributed by atoms with Crippen LogP contribution in [-0.4, -0.2) is 34.6 Å². The van der Waals surface area contributed by atoms with Crippen molar-refractivity contribution in [1.29, 1.82) is 0 Å². The summed E-state index contributed by atoms with van der Waals surface area (Å²) >= 11 is 0. The monoisotopic (exact) mass is 255 g/mol. The van der Waals surface area contributed by atoms with E-state index >= 15 is 0 Å². The van der Waals surface area contributed by atoms with E-state index in [1.54, 1.807) is 0 Å². The predicted octanol–water partition coefficient (Wildman–Crippen LogP) is 2.96. The molecule has 1 aliphatic rings. The van der Waals surface area contributed by atoms with E-state index in [1.165, 1.54) is 12.8 Å². The first-order valence-corrected chi connectivity index (χ1v) is 7.58. The minimum atomic E-state index is -0.315. The predicted molar refractivity (Wildman–Crippen MR) is 74.3 cm³/mol. The fourth-order valence-corrected chi connectivity index (χ4v) is 2.98. The van der Waals surface area contributed by atoms with Crippen molar-refractivity contribution in [2.45, 2.75) is 77.9 Å². The number of hydrogen-bond acceptors (Lipinski definition) is 2. The van der Waals surface area contributed by atoms with Gasteiger partial charge in [0.25, 0.3) is 0 Å². The van der Waals surface area contributed by atoms with E-state index in [4.69, 9.17) is 0 Å². The molecule has 0 aromatic heterocycles. The molecule has 0 aliphatic carbocycles. The summed E-state index contributed by atoms with van der Waals surface area (Å²) in [4.78, 5) is 14.6. The maximum Gasteiger partial charge on any atom is 0.225 e. The molecule has 3 nitrogen and oxygen atoms in total. The molecule has 1 N–H and O–H groups in total. The summed E-state index contributed by atoms with van der Waals surface area (Å²) < 4.78 is 0. The molecule has 2 unspecified atom stereocenters. The van der Waals surface area contributed by atoms with E-state index in [1.807, 2.05) is 6.92 Å². The van der Waals surface area contributed by atoms with Crippen molar-refractivity contribution in [3.8, 4) is 0 Å². The molecular formula is C15H29NO2. The Labute approximate surface area is 112 Å². The van der Waals surface area contributed by atoms with Gasteiger partial charge in [-0.15, -0.1) is 0 Å². The van der Waals surface area contributed by atoms with Gasteiger partial charge in [-0.2, -0.15) is 0 Å². The van der Waals surface area contributed by atoms with Gasteiger partial charge >= 0.3 is 0 Å². The van der Waals surface area contributed by atoms with Crippen molar-refractivity contribution in [2.24, 2.45) is 5.92 Å². The Morgan fingerprint density at radius 1 is 1.28 bits per heavy atom. The lowest BCUT2D eigenvalue weighted by molar-refractivity contribution is -0.138. The summed E-state index contributed by atoms with van der Waals surface area (Å²) in [6.45, 7) is 6.89. The van der Waals surface area contributed by atoms with Crippen molar-refractivity contribution in [1.82, 2.24) is 4.90 Å². The summed E-state index contributed by atoms with van der Waals surface area (Å²) in [5.74, 6) is 0.479. The molecule has 1 aliphatic heterocycles. The van der Waals surface area contributed by atoms with Gasteiger partial charge in [-0.3, -0.25) is 4.79 Å². The number of amides is 1. The normalized spacial score (nSPS) is 22.9. The third-order valence-corrected chi connectivity index (χ3v) is 4.11. The van der Waals surface area contributed by atoms with E-state index in [9.17, 15) is 9.90 Å². The SMILES string of the molecule is CCC(CC)C(=O)N1CCCCCC1CC(C)O. The van der Waals surface area contributed by atoms with Crippen LogP contribution in [0.5, 0.6) is 0 Å². The zero-order valence-electron chi connectivity index (χ0n) is 12.2. The molecule has 0 bridgehead atoms. The van der Waals surface area contributed by atoms with E-state index in [-0.39, 0.29) is 18.1 Å². The van der Waals surface area contributed by atoms with Crippen molar-refractivity contribution < 1.29 is 9.90 Å². The van der Waals surface area contributed by atoms with Gasteiger partial charge in [-0.05, 0) is 39.0 Å². The number of likely N-dealkylation sites (tertiary alicyclic amines) is 1. The number of nitrogens with zero attached hydrogens (tertiary/aromatic N) is 1. The molecule has 1 heterocycles. The summed E-state index contributed by atoms with van der Waals surface area (Å²) in [5.41, 5.74) is 0. The van der Waals surface area contributed by atoms with Crippen molar-refractivity contribution in [2.75, 3.05) is 6.54 Å². The molecule has 1 saturated heterocycles. The first kappa shape index (κ1) is 15.5. The number of hydrogen-bond donors (Lipinski definition) is 1. The summed E-state index contributed by atoms with van der Waals surface area (Å²) in [6, 6.07) is 0.251. The fraction of sp³-hybridized carbons (Fsp3) is 0.933. The van der Waals surface area contributed by atoms with Crippen LogP contribution in [0.15, 0.2) is 0 Å². The first-order chi connectivity index (χ1) is 8.60. The maximum atomic E-state index is 12.5. The quantitative estimate of drug-likeness (QED) is 0.820. The van der Waals surface area contributed by atoms with Crippen LogP contribution in [0.1, 0.15) is 65.7 Å². The van der Waals surface area contributed by atoms with Crippen molar-refractivity contribution >= 4 is 5.91 Å². The lowest BCUT2D eigenvalue weighted by Gasteiger charge is -2.33. The third-order valence-electron chi connectivity index (χ3n) is 4.11. The van der Waals surface area contributed by atoms with Crippen LogP contribution < -0.4 is 0 Å². The molecule has 1 amide bonds. The van der Waals surface area contributed by atoms with Gasteiger partial charge in [0.05, 0.1) is 6.10 Å². The highest BCUT2D eigenvalue weighted by Gasteiger charge is 2.29. The van der Waals surface area contributed by atoms with Crippen LogP contribution in [0, 0.1) is 5.92 Å². The van der Waals surface area contributed by atoms with Crippen LogP contribution in [0.2, 0.25) is 0 Å². The molecule has 0 aromatic carbocycles. The van der Waals surface area contributed by atoms with Crippen LogP contribution in [-0.2, 0) is 4.79 Å². The van der Waals surface area contributed by atoms with Gasteiger partial charge in [-0.25, -0.2) is 0 Å². The topological polar surface area (TPSA) is 40.5 Å². The average Bonchev–Trinajstić information content (AvgIpc) is 2.55. The molecule has 3 heteroatoms. The van der Waals surface area contributed by atoms with Gasteiger partial charge in [0.15, 0.2) is 0 Å². The average molecular weight is 255 g/mol. The summed E-state index contributed by atoms with van der Waals surface area (Å²) in [5, 5.41) is 9.61. The number of rotatable bonds is 5. The second-order valence-corrected chi connectivity index (χ2v) is 5.63. The van der Waals surface area contributed by atoms with Crippen LogP contribution >= 0.6 is 0 Å². The number of carbonyl (C=O) groups is 1. The van der Waals surface area contributed by atoms with Crippen LogP contribution in [0.4, 0.5) is 0 Å². The number of aliphatic hydroxyl groups is 1. The third kappa shape index (κ3) is 4.27. The molecule has 18 heavy (non-hydrogen) atoms. The van der Waals surface area contributed by atoms with E-state index in [2.05, 4.69) is 18.7 Å². The lowest BCUT2D eigenvalue weighted by atomic mass is 9.98. The molecule has 1 rings (SSSR count). The lowest BCUT2D eigenvalue weighted by Crippen LogP contribution is -2.44. The summed E-state index contributed by atoms with van der Waals surface area (Å²) in [6.07, 6.45) is 6.82. The maximum absolute atomic E-state index is 12.5. The Morgan fingerprint density at radius 3 is 2.50 bits per heavy atom. The molecule has 0 aromatic rings. The van der Waals surface area contributed by atoms with Gasteiger partial charge in [-0.1, -0.05) is 26.7 Å². The highest BCUT2D eigenvalue weighted by molar-refractivity contribution is 5.79. The van der Waals surface area contributed by atoms with Crippen LogP contribution in [0.25, 0.3) is 0 Å². The van der Waals surface area contributed by atoms with Gasteiger partial charge in [0.1, 0.15) is 0 Å². The fourth-order valence-electron chi connectivity index (χ4n) is 2.98. The highest BCUT2D eigenvalue weighted by atomic mass is 16.3. The van der Waals surface area contributed by atoms with E-state index in [0.717, 1.165) is 38.6 Å². The second kappa shape index (κ2) is 7.78. The molecule has 2 atom stereocenters. The minimum Gasteiger partial charge on any atom is -0.393 e. The first-order valence-electron chi connectivity index (χ1n) is 7.58. The molecular weight excluding hydrogens is 226 g/mol. The molecule has 0 saturated carbocycles. The highest BCUT2D eigenvalue weighted by Crippen LogP contribution is 2.24. The zero-order valence-corrected chi connectivity index (χ0v) is 12.2. The largest absolute Gasteiger partial charge is 0.393 e. The van der Waals surface area contributed by atoms with Gasteiger partial charge in [0, 0.05) is 18.5 Å². The second-order valence-electron chi connectivity index (χ2n) is 5.63. The minimum absolute atomic E-state index is 0.166. The van der Waals surface area contributed by atoms with Gasteiger partial charge < -0.3 is 10.0 Å². The molecule has 1 fully saturated rings. The Morgan fingerprint density at radius 2 is 1.94 bits per heavy atom. The zero-order chi connectivity index (χ0) is 13.5. The van der Waals surface area contributed by atoms with E-state index in [0.29, 0.717) is 5.91 Å². The van der Waals surface area contributed by atoms with Gasteiger partial charge in [0.2, 0.25) is 5.91 Å². The number of aliphatic hydroxyl groups excluding tert-OH is 1. The standard InChI is InChI=1S/C15H29NO2/c1-4-13(5-2)15(18)16-10-8-6-7-9-14(16)11-12(3)17/h12-14,17H,4-11H2,1-3H3. The van der Waals surface area contributed by atoms with E-state index < -0.39 is 0 Å². The Kier molecular flexibility index (Phi) is 6.69. The Bertz CT molecular complexity index is 249. The smallest absolute Gasteiger partial charge is 0.225 e. The summed E-state index contributed by atoms with van der Waals surface area (Å²) in [7, 11) is 0. The van der Waals surface area contributed by atoms with Crippen molar-refractivity contribution in [3.05, 3.63) is 0 Å². The number of carbonyl (C=O) groups excluding carboxylic acids is 1. The Hall–Kier alpha value is -0.570. The van der Waals surface area contributed by atoms with Crippen LogP contribution in [0.3, 0.4) is 0 Å². The molecule has 0 spiro atoms. The molecule has 106 valence electrons. The van der Waals surface area contributed by atoms with Crippen molar-refractivity contribution in [3.63, 3.8) is 0 Å². The Balaban J connectivity index is 2.74. The molecule has 0 radical (unpaired) electrons.